The molecule has 3 heterocycles. The van der Waals surface area contributed by atoms with Crippen LogP contribution in [0.1, 0.15) is 23.2 Å². The molecule has 3 aromatic rings. The summed E-state index contributed by atoms with van der Waals surface area (Å²) in [5.41, 5.74) is 1.47. The lowest BCUT2D eigenvalue weighted by atomic mass is 10.1. The Morgan fingerprint density at radius 1 is 1.17 bits per heavy atom. The van der Waals surface area contributed by atoms with E-state index in [0.717, 1.165) is 24.5 Å². The van der Waals surface area contributed by atoms with Gasteiger partial charge >= 0.3 is 0 Å². The zero-order valence-electron chi connectivity index (χ0n) is 16.5. The largest absolute Gasteiger partial charge is 0.497 e. The Morgan fingerprint density at radius 2 is 2.00 bits per heavy atom. The molecule has 29 heavy (non-hydrogen) atoms. The minimum atomic E-state index is 0.0238. The van der Waals surface area contributed by atoms with Gasteiger partial charge in [-0.25, -0.2) is 4.98 Å². The first-order valence-corrected chi connectivity index (χ1v) is 9.65. The molecule has 0 atom stereocenters. The van der Waals surface area contributed by atoms with E-state index < -0.39 is 0 Å². The molecule has 0 N–H and O–H groups in total. The summed E-state index contributed by atoms with van der Waals surface area (Å²) in [6.07, 6.45) is 2.46. The summed E-state index contributed by atoms with van der Waals surface area (Å²) in [7, 11) is 1.60. The number of rotatable bonds is 5. The third-order valence-electron chi connectivity index (χ3n) is 4.98. The van der Waals surface area contributed by atoms with Crippen LogP contribution in [0.2, 0.25) is 0 Å². The molecule has 2 aromatic heterocycles. The molecule has 1 saturated heterocycles. The monoisotopic (exact) mass is 393 g/mol. The molecule has 1 aromatic carbocycles. The summed E-state index contributed by atoms with van der Waals surface area (Å²) in [4.78, 5) is 25.7. The number of aryl methyl sites for hydroxylation is 1. The molecular weight excluding hydrogens is 370 g/mol. The average Bonchev–Trinajstić information content (AvgIpc) is 3.28. The second-order valence-electron chi connectivity index (χ2n) is 6.78. The number of pyridine rings is 1. The molecule has 0 bridgehead atoms. The molecule has 1 amide bonds. The molecule has 1 fully saturated rings. The number of hydrogen-bond acceptors (Lipinski definition) is 7. The number of hydrogen-bond donors (Lipinski definition) is 0. The van der Waals surface area contributed by atoms with Crippen molar-refractivity contribution >= 4 is 11.7 Å². The highest BCUT2D eigenvalue weighted by Crippen LogP contribution is 2.21. The maximum absolute atomic E-state index is 12.8. The van der Waals surface area contributed by atoms with Crippen LogP contribution in [0.25, 0.3) is 11.4 Å². The van der Waals surface area contributed by atoms with Gasteiger partial charge in [0.15, 0.2) is 0 Å². The van der Waals surface area contributed by atoms with E-state index in [0.29, 0.717) is 42.5 Å². The maximum atomic E-state index is 12.8. The number of amides is 1. The van der Waals surface area contributed by atoms with Gasteiger partial charge in [0.1, 0.15) is 11.6 Å². The minimum Gasteiger partial charge on any atom is -0.497 e. The fraction of sp³-hybridized carbons (Fsp3) is 0.333. The lowest BCUT2D eigenvalue weighted by Crippen LogP contribution is -2.49. The summed E-state index contributed by atoms with van der Waals surface area (Å²) >= 11 is 0. The molecule has 0 aliphatic carbocycles. The Balaban J connectivity index is 1.38. The Morgan fingerprint density at radius 3 is 2.66 bits per heavy atom. The van der Waals surface area contributed by atoms with Crippen LogP contribution >= 0.6 is 0 Å². The number of carbonyl (C=O) groups excluding carboxylic acids is 1. The fourth-order valence-corrected chi connectivity index (χ4v) is 3.30. The van der Waals surface area contributed by atoms with E-state index >= 15 is 0 Å². The van der Waals surface area contributed by atoms with Crippen LogP contribution in [-0.2, 0) is 6.42 Å². The van der Waals surface area contributed by atoms with Gasteiger partial charge in [-0.1, -0.05) is 18.1 Å². The van der Waals surface area contributed by atoms with Crippen LogP contribution in [0.15, 0.2) is 47.1 Å². The van der Waals surface area contributed by atoms with Crippen molar-refractivity contribution in [2.75, 3.05) is 38.2 Å². The Hall–Kier alpha value is -3.42. The number of piperazine rings is 1. The van der Waals surface area contributed by atoms with Gasteiger partial charge < -0.3 is 19.1 Å². The average molecular weight is 393 g/mol. The first kappa shape index (κ1) is 18.9. The summed E-state index contributed by atoms with van der Waals surface area (Å²) in [6, 6.07) is 11.2. The fourth-order valence-electron chi connectivity index (χ4n) is 3.30. The highest BCUT2D eigenvalue weighted by Gasteiger charge is 2.23. The van der Waals surface area contributed by atoms with Gasteiger partial charge in [0.05, 0.1) is 7.11 Å². The van der Waals surface area contributed by atoms with Crippen LogP contribution in [0, 0.1) is 0 Å². The van der Waals surface area contributed by atoms with Crippen LogP contribution in [0.3, 0.4) is 0 Å². The van der Waals surface area contributed by atoms with E-state index in [-0.39, 0.29) is 5.91 Å². The molecule has 150 valence electrons. The first-order valence-electron chi connectivity index (χ1n) is 9.65. The van der Waals surface area contributed by atoms with Crippen LogP contribution in [-0.4, -0.2) is 59.2 Å². The summed E-state index contributed by atoms with van der Waals surface area (Å²) < 4.78 is 10.4. The van der Waals surface area contributed by atoms with Crippen LogP contribution in [0.4, 0.5) is 5.82 Å². The number of carbonyl (C=O) groups is 1. The smallest absolute Gasteiger partial charge is 0.254 e. The third kappa shape index (κ3) is 4.06. The molecule has 8 nitrogen and oxygen atoms in total. The zero-order valence-corrected chi connectivity index (χ0v) is 16.5. The van der Waals surface area contributed by atoms with E-state index in [1.54, 1.807) is 19.4 Å². The third-order valence-corrected chi connectivity index (χ3v) is 4.98. The van der Waals surface area contributed by atoms with Gasteiger partial charge in [0.2, 0.25) is 11.7 Å². The summed E-state index contributed by atoms with van der Waals surface area (Å²) in [5, 5.41) is 3.98. The van der Waals surface area contributed by atoms with Crippen molar-refractivity contribution in [2.45, 2.75) is 13.3 Å². The Labute approximate surface area is 169 Å². The molecule has 0 unspecified atom stereocenters. The van der Waals surface area contributed by atoms with Crippen molar-refractivity contribution in [1.82, 2.24) is 20.0 Å². The van der Waals surface area contributed by atoms with E-state index in [1.165, 1.54) is 0 Å². The van der Waals surface area contributed by atoms with Crippen molar-refractivity contribution in [1.29, 1.82) is 0 Å². The Bertz CT molecular complexity index is 978. The molecule has 4 rings (SSSR count). The predicted octanol–water partition coefficient (Wildman–Crippen LogP) is 2.67. The number of methoxy groups -OCH3 is 1. The number of aromatic nitrogens is 3. The lowest BCUT2D eigenvalue weighted by Gasteiger charge is -2.35. The number of anilines is 1. The first-order chi connectivity index (χ1) is 14.2. The van der Waals surface area contributed by atoms with Gasteiger partial charge in [-0.3, -0.25) is 4.79 Å². The van der Waals surface area contributed by atoms with Crippen LogP contribution < -0.4 is 9.64 Å². The minimum absolute atomic E-state index is 0.0238. The van der Waals surface area contributed by atoms with Gasteiger partial charge in [0, 0.05) is 49.9 Å². The SMILES string of the molecule is CCc1nc(-c2ccc(N3CCN(C(=O)c4cccc(OC)c4)CC3)nc2)no1. The molecule has 0 saturated carbocycles. The maximum Gasteiger partial charge on any atom is 0.254 e. The number of nitrogens with zero attached hydrogens (tertiary/aromatic N) is 5. The topological polar surface area (TPSA) is 84.6 Å². The highest BCUT2D eigenvalue weighted by molar-refractivity contribution is 5.94. The van der Waals surface area contributed by atoms with Crippen molar-refractivity contribution in [3.63, 3.8) is 0 Å². The van der Waals surface area contributed by atoms with Crippen molar-refractivity contribution < 1.29 is 14.1 Å². The molecule has 0 spiro atoms. The molecular formula is C21H23N5O3. The van der Waals surface area contributed by atoms with Gasteiger partial charge in [-0.05, 0) is 30.3 Å². The van der Waals surface area contributed by atoms with Crippen molar-refractivity contribution in [2.24, 2.45) is 0 Å². The van der Waals surface area contributed by atoms with E-state index in [1.807, 2.05) is 42.2 Å². The van der Waals surface area contributed by atoms with Gasteiger partial charge in [-0.2, -0.15) is 4.98 Å². The standard InChI is InChI=1S/C21H23N5O3/c1-3-19-23-20(24-29-19)16-7-8-18(22-14-16)25-9-11-26(12-10-25)21(27)15-5-4-6-17(13-15)28-2/h4-8,13-14H,3,9-12H2,1-2H3. The molecule has 0 radical (unpaired) electrons. The molecule has 1 aliphatic heterocycles. The molecule has 8 heteroatoms. The second-order valence-corrected chi connectivity index (χ2v) is 6.78. The quantitative estimate of drug-likeness (QED) is 0.659. The second kappa shape index (κ2) is 8.30. The highest BCUT2D eigenvalue weighted by atomic mass is 16.5. The molecule has 1 aliphatic rings. The number of benzene rings is 1. The summed E-state index contributed by atoms with van der Waals surface area (Å²) in [5.74, 6) is 2.75. The van der Waals surface area contributed by atoms with E-state index in [2.05, 4.69) is 20.0 Å². The van der Waals surface area contributed by atoms with Gasteiger partial charge in [-0.15, -0.1) is 0 Å². The van der Waals surface area contributed by atoms with Crippen LogP contribution in [0.5, 0.6) is 5.75 Å². The van der Waals surface area contributed by atoms with Gasteiger partial charge in [0.25, 0.3) is 5.91 Å². The zero-order chi connectivity index (χ0) is 20.2. The van der Waals surface area contributed by atoms with Crippen molar-refractivity contribution in [3.8, 4) is 17.1 Å². The lowest BCUT2D eigenvalue weighted by molar-refractivity contribution is 0.0746. The summed E-state index contributed by atoms with van der Waals surface area (Å²) in [6.45, 7) is 4.71. The van der Waals surface area contributed by atoms with Crippen molar-refractivity contribution in [3.05, 3.63) is 54.0 Å². The predicted molar refractivity (Wildman–Crippen MR) is 108 cm³/mol. The normalized spacial score (nSPS) is 14.1. The number of ether oxygens (including phenoxy) is 1. The van der Waals surface area contributed by atoms with E-state index in [9.17, 15) is 4.79 Å². The van der Waals surface area contributed by atoms with E-state index in [4.69, 9.17) is 9.26 Å². The Kier molecular flexibility index (Phi) is 5.41.